The molecule has 3 N–H and O–H groups in total. The summed E-state index contributed by atoms with van der Waals surface area (Å²) in [5.74, 6) is -1.58. The maximum Gasteiger partial charge on any atom is 0.408 e. The number of alkyl carbamates (subject to hydrolysis) is 1. The van der Waals surface area contributed by atoms with Gasteiger partial charge in [-0.25, -0.2) is 4.79 Å². The van der Waals surface area contributed by atoms with Gasteiger partial charge in [-0.1, -0.05) is 19.3 Å². The maximum atomic E-state index is 12.5. The van der Waals surface area contributed by atoms with Crippen molar-refractivity contribution >= 4 is 18.0 Å². The molecule has 7 nitrogen and oxygen atoms in total. The molecule has 1 aliphatic rings. The highest BCUT2D eigenvalue weighted by atomic mass is 16.6. The first-order valence-electron chi connectivity index (χ1n) is 7.61. The molecular weight excluding hydrogens is 288 g/mol. The quantitative estimate of drug-likeness (QED) is 0.734. The molecule has 7 heteroatoms. The normalized spacial score (nSPS) is 18.9. The molecule has 0 aromatic rings. The Labute approximate surface area is 130 Å². The summed E-state index contributed by atoms with van der Waals surface area (Å²) >= 11 is 0. The van der Waals surface area contributed by atoms with E-state index in [9.17, 15) is 14.4 Å². The van der Waals surface area contributed by atoms with Gasteiger partial charge in [-0.15, -0.1) is 0 Å². The van der Waals surface area contributed by atoms with Crippen LogP contribution in [0, 0.1) is 0 Å². The number of amides is 2. The van der Waals surface area contributed by atoms with E-state index in [1.54, 1.807) is 20.8 Å². The van der Waals surface area contributed by atoms with Crippen molar-refractivity contribution in [3.05, 3.63) is 0 Å². The fourth-order valence-electron chi connectivity index (χ4n) is 2.46. The predicted octanol–water partition coefficient (Wildman–Crippen LogP) is 1.80. The van der Waals surface area contributed by atoms with Gasteiger partial charge in [0, 0.05) is 0 Å². The van der Waals surface area contributed by atoms with Crippen LogP contribution in [0.5, 0.6) is 0 Å². The topological polar surface area (TPSA) is 105 Å². The maximum absolute atomic E-state index is 12.5. The van der Waals surface area contributed by atoms with Crippen LogP contribution >= 0.6 is 0 Å². The Morgan fingerprint density at radius 3 is 2.14 bits per heavy atom. The molecule has 2 amide bonds. The van der Waals surface area contributed by atoms with Gasteiger partial charge in [0.2, 0.25) is 5.91 Å². The molecule has 0 saturated heterocycles. The minimum atomic E-state index is -1.11. The van der Waals surface area contributed by atoms with E-state index in [1.807, 2.05) is 0 Å². The number of hydrogen-bond acceptors (Lipinski definition) is 4. The lowest BCUT2D eigenvalue weighted by atomic mass is 9.81. The number of aliphatic carboxylic acids is 1. The Kier molecular flexibility index (Phi) is 5.79. The average molecular weight is 314 g/mol. The number of rotatable bonds is 4. The van der Waals surface area contributed by atoms with Crippen LogP contribution in [0.4, 0.5) is 4.79 Å². The number of carbonyl (C=O) groups is 3. The van der Waals surface area contributed by atoms with Gasteiger partial charge in [-0.3, -0.25) is 9.59 Å². The largest absolute Gasteiger partial charge is 0.480 e. The summed E-state index contributed by atoms with van der Waals surface area (Å²) in [4.78, 5) is 35.4. The highest BCUT2D eigenvalue weighted by molar-refractivity contribution is 5.92. The van der Waals surface area contributed by atoms with E-state index >= 15 is 0 Å². The van der Waals surface area contributed by atoms with E-state index < -0.39 is 35.2 Å². The smallest absolute Gasteiger partial charge is 0.408 e. The summed E-state index contributed by atoms with van der Waals surface area (Å²) in [7, 11) is 0. The highest BCUT2D eigenvalue weighted by Gasteiger charge is 2.42. The van der Waals surface area contributed by atoms with Gasteiger partial charge in [0.1, 0.15) is 17.2 Å². The van der Waals surface area contributed by atoms with Gasteiger partial charge in [0.05, 0.1) is 0 Å². The minimum Gasteiger partial charge on any atom is -0.480 e. The molecule has 1 saturated carbocycles. The summed E-state index contributed by atoms with van der Waals surface area (Å²) in [5.41, 5.74) is -1.75. The van der Waals surface area contributed by atoms with Crippen molar-refractivity contribution in [3.8, 4) is 0 Å². The molecule has 1 unspecified atom stereocenters. The molecule has 1 atom stereocenters. The van der Waals surface area contributed by atoms with Crippen molar-refractivity contribution in [1.82, 2.24) is 10.6 Å². The number of carboxylic acid groups (broad SMARTS) is 1. The van der Waals surface area contributed by atoms with E-state index in [2.05, 4.69) is 10.6 Å². The summed E-state index contributed by atoms with van der Waals surface area (Å²) in [6.07, 6.45) is 2.87. The molecule has 1 fully saturated rings. The summed E-state index contributed by atoms with van der Waals surface area (Å²) in [5, 5.41) is 14.0. The van der Waals surface area contributed by atoms with Gasteiger partial charge >= 0.3 is 12.1 Å². The lowest BCUT2D eigenvalue weighted by molar-refractivity contribution is -0.142. The van der Waals surface area contributed by atoms with Crippen LogP contribution in [-0.4, -0.2) is 40.3 Å². The Morgan fingerprint density at radius 1 is 1.14 bits per heavy atom. The lowest BCUT2D eigenvalue weighted by Crippen LogP contribution is -2.62. The zero-order valence-corrected chi connectivity index (χ0v) is 13.7. The van der Waals surface area contributed by atoms with E-state index in [0.717, 1.165) is 19.3 Å². The van der Waals surface area contributed by atoms with E-state index in [4.69, 9.17) is 9.84 Å². The van der Waals surface area contributed by atoms with Crippen LogP contribution in [0.2, 0.25) is 0 Å². The molecule has 0 bridgehead atoms. The predicted molar refractivity (Wildman–Crippen MR) is 80.4 cm³/mol. The fraction of sp³-hybridized carbons (Fsp3) is 0.800. The molecule has 0 aromatic carbocycles. The van der Waals surface area contributed by atoms with Crippen molar-refractivity contribution in [1.29, 1.82) is 0 Å². The van der Waals surface area contributed by atoms with Gasteiger partial charge in [-0.2, -0.15) is 0 Å². The molecule has 126 valence electrons. The van der Waals surface area contributed by atoms with Crippen LogP contribution < -0.4 is 10.6 Å². The Hall–Kier alpha value is -1.79. The van der Waals surface area contributed by atoms with Gasteiger partial charge < -0.3 is 20.5 Å². The van der Waals surface area contributed by atoms with Crippen molar-refractivity contribution in [2.45, 2.75) is 77.0 Å². The van der Waals surface area contributed by atoms with Crippen LogP contribution in [-0.2, 0) is 14.3 Å². The van der Waals surface area contributed by atoms with E-state index in [1.165, 1.54) is 6.92 Å². The molecule has 0 spiro atoms. The van der Waals surface area contributed by atoms with Crippen molar-refractivity contribution in [2.75, 3.05) is 0 Å². The second-order valence-corrected chi connectivity index (χ2v) is 6.80. The minimum absolute atomic E-state index is 0.465. The summed E-state index contributed by atoms with van der Waals surface area (Å²) in [6, 6.07) is -1.01. The van der Waals surface area contributed by atoms with Crippen LogP contribution in [0.3, 0.4) is 0 Å². The monoisotopic (exact) mass is 314 g/mol. The number of hydrogen-bond donors (Lipinski definition) is 3. The first-order chi connectivity index (χ1) is 10.1. The van der Waals surface area contributed by atoms with Gasteiger partial charge in [0.15, 0.2) is 0 Å². The number of nitrogens with one attached hydrogen (secondary N) is 2. The van der Waals surface area contributed by atoms with Crippen molar-refractivity contribution in [2.24, 2.45) is 0 Å². The molecule has 0 heterocycles. The molecule has 1 aliphatic carbocycles. The third kappa shape index (κ3) is 5.20. The Bertz CT molecular complexity index is 436. The van der Waals surface area contributed by atoms with Crippen LogP contribution in [0.1, 0.15) is 59.8 Å². The number of ether oxygens (including phenoxy) is 1. The molecule has 0 radical (unpaired) electrons. The van der Waals surface area contributed by atoms with E-state index in [-0.39, 0.29) is 0 Å². The zero-order chi connectivity index (χ0) is 17.0. The molecule has 0 aromatic heterocycles. The second-order valence-electron chi connectivity index (χ2n) is 6.80. The van der Waals surface area contributed by atoms with Crippen LogP contribution in [0.15, 0.2) is 0 Å². The molecule has 1 rings (SSSR count). The highest BCUT2D eigenvalue weighted by Crippen LogP contribution is 2.29. The fourth-order valence-corrected chi connectivity index (χ4v) is 2.46. The Morgan fingerprint density at radius 2 is 1.68 bits per heavy atom. The number of carbonyl (C=O) groups excluding carboxylic acids is 2. The zero-order valence-electron chi connectivity index (χ0n) is 13.7. The molecule has 22 heavy (non-hydrogen) atoms. The molecule has 0 aliphatic heterocycles. The third-order valence-electron chi connectivity index (χ3n) is 3.60. The summed E-state index contributed by atoms with van der Waals surface area (Å²) in [6.45, 7) is 6.62. The standard InChI is InChI=1S/C15H26N2O5/c1-10(11(18)19)16-12(20)15(8-6-5-7-9-15)17-13(21)22-14(2,3)4/h10H,5-9H2,1-4H3,(H,16,20)(H,17,21)(H,18,19). The SMILES string of the molecule is CC(NC(=O)C1(NC(=O)OC(C)(C)C)CCCCC1)C(=O)O. The summed E-state index contributed by atoms with van der Waals surface area (Å²) < 4.78 is 5.22. The average Bonchev–Trinajstić information content (AvgIpc) is 2.36. The van der Waals surface area contributed by atoms with Gasteiger partial charge in [0.25, 0.3) is 0 Å². The van der Waals surface area contributed by atoms with Crippen LogP contribution in [0.25, 0.3) is 0 Å². The van der Waals surface area contributed by atoms with E-state index in [0.29, 0.717) is 12.8 Å². The second kappa shape index (κ2) is 6.98. The van der Waals surface area contributed by atoms with Gasteiger partial charge in [-0.05, 0) is 40.5 Å². The first-order valence-corrected chi connectivity index (χ1v) is 7.61. The Balaban J connectivity index is 2.83. The van der Waals surface area contributed by atoms with Crippen molar-refractivity contribution < 1.29 is 24.2 Å². The van der Waals surface area contributed by atoms with Crippen molar-refractivity contribution in [3.63, 3.8) is 0 Å². The lowest BCUT2D eigenvalue weighted by Gasteiger charge is -2.37. The number of carboxylic acids is 1. The molecular formula is C15H26N2O5. The first kappa shape index (κ1) is 18.3. The third-order valence-corrected chi connectivity index (χ3v) is 3.60.